The summed E-state index contributed by atoms with van der Waals surface area (Å²) in [5.41, 5.74) is -0.0291. The molecule has 11 heavy (non-hydrogen) atoms. The average Bonchev–Trinajstić information content (AvgIpc) is 1.79. The Morgan fingerprint density at radius 2 is 1.82 bits per heavy atom. The first-order valence-electron chi connectivity index (χ1n) is 3.62. The summed E-state index contributed by atoms with van der Waals surface area (Å²) in [4.78, 5) is 0. The van der Waals surface area contributed by atoms with Crippen LogP contribution < -0.4 is 5.32 Å². The lowest BCUT2D eigenvalue weighted by Crippen LogP contribution is -2.55. The van der Waals surface area contributed by atoms with Crippen molar-refractivity contribution in [2.75, 3.05) is 6.54 Å². The van der Waals surface area contributed by atoms with Crippen LogP contribution in [0.4, 0.5) is 0 Å². The van der Waals surface area contributed by atoms with E-state index < -0.39 is 12.2 Å². The molecule has 0 aliphatic carbocycles. The quantitative estimate of drug-likeness (QED) is 0.490. The molecule has 0 aromatic carbocycles. The molecule has 1 aliphatic heterocycles. The third kappa shape index (κ3) is 2.95. The van der Waals surface area contributed by atoms with E-state index in [-0.39, 0.29) is 17.9 Å². The van der Waals surface area contributed by atoms with Crippen molar-refractivity contribution in [3.63, 3.8) is 0 Å². The third-order valence-electron chi connectivity index (χ3n) is 1.95. The van der Waals surface area contributed by atoms with Gasteiger partial charge in [0.2, 0.25) is 0 Å². The minimum atomic E-state index is -0.590. The second kappa shape index (κ2) is 3.72. The van der Waals surface area contributed by atoms with E-state index >= 15 is 0 Å². The van der Waals surface area contributed by atoms with Gasteiger partial charge in [0.15, 0.2) is 0 Å². The van der Waals surface area contributed by atoms with Crippen LogP contribution in [0.15, 0.2) is 0 Å². The maximum Gasteiger partial charge on any atom is 0.0923 e. The number of β-amino-alcohol motifs (C(OH)–C–C–N with tert-alkyl or cyclic N) is 1. The minimum absolute atomic E-state index is 0. The maximum absolute atomic E-state index is 9.22. The molecule has 0 amide bonds. The summed E-state index contributed by atoms with van der Waals surface area (Å²) in [6, 6.07) is 0. The molecule has 3 nitrogen and oxygen atoms in total. The molecule has 1 rings (SSSR count). The van der Waals surface area contributed by atoms with E-state index in [2.05, 4.69) is 5.32 Å². The Morgan fingerprint density at radius 1 is 1.27 bits per heavy atom. The summed E-state index contributed by atoms with van der Waals surface area (Å²) in [6.07, 6.45) is -0.530. The van der Waals surface area contributed by atoms with Gasteiger partial charge in [0.05, 0.1) is 12.2 Å². The molecular formula is C7H16ClNO2. The zero-order valence-electron chi connectivity index (χ0n) is 6.87. The lowest BCUT2D eigenvalue weighted by molar-refractivity contribution is -0.0262. The molecule has 0 aromatic rings. The second-order valence-electron chi connectivity index (χ2n) is 3.60. The molecule has 3 N–H and O–H groups in total. The first kappa shape index (κ1) is 11.2. The number of nitrogens with one attached hydrogen (secondary N) is 1. The Labute approximate surface area is 73.2 Å². The van der Waals surface area contributed by atoms with Gasteiger partial charge in [-0.2, -0.15) is 0 Å². The van der Waals surface area contributed by atoms with Gasteiger partial charge in [-0.3, -0.25) is 0 Å². The highest BCUT2D eigenvalue weighted by Crippen LogP contribution is 2.18. The lowest BCUT2D eigenvalue weighted by Gasteiger charge is -2.37. The molecule has 68 valence electrons. The van der Waals surface area contributed by atoms with Gasteiger partial charge in [0.1, 0.15) is 0 Å². The smallest absolute Gasteiger partial charge is 0.0923 e. The molecule has 0 spiro atoms. The fourth-order valence-corrected chi connectivity index (χ4v) is 1.25. The summed E-state index contributed by atoms with van der Waals surface area (Å²) < 4.78 is 0. The van der Waals surface area contributed by atoms with E-state index in [4.69, 9.17) is 5.11 Å². The molecule has 1 fully saturated rings. The van der Waals surface area contributed by atoms with Gasteiger partial charge in [-0.1, -0.05) is 0 Å². The van der Waals surface area contributed by atoms with Crippen LogP contribution in [0.5, 0.6) is 0 Å². The SMILES string of the molecule is CC1(C)C[C@@H](O)[C@@H](O)CN1.Cl. The number of rotatable bonds is 0. The van der Waals surface area contributed by atoms with Crippen LogP contribution >= 0.6 is 12.4 Å². The Kier molecular flexibility index (Phi) is 3.77. The fourth-order valence-electron chi connectivity index (χ4n) is 1.25. The van der Waals surface area contributed by atoms with E-state index in [1.165, 1.54) is 0 Å². The molecule has 0 radical (unpaired) electrons. The molecule has 1 heterocycles. The highest BCUT2D eigenvalue weighted by atomic mass is 35.5. The molecule has 1 saturated heterocycles. The van der Waals surface area contributed by atoms with E-state index in [1.54, 1.807) is 0 Å². The van der Waals surface area contributed by atoms with Crippen molar-refractivity contribution in [1.29, 1.82) is 0 Å². The number of aliphatic hydroxyl groups excluding tert-OH is 2. The van der Waals surface area contributed by atoms with Crippen molar-refractivity contribution in [3.8, 4) is 0 Å². The zero-order valence-corrected chi connectivity index (χ0v) is 7.69. The largest absolute Gasteiger partial charge is 0.390 e. The number of halogens is 1. The normalized spacial score (nSPS) is 36.0. The summed E-state index contributed by atoms with van der Waals surface area (Å²) in [5.74, 6) is 0. The van der Waals surface area contributed by atoms with Gasteiger partial charge in [-0.25, -0.2) is 0 Å². The average molecular weight is 182 g/mol. The van der Waals surface area contributed by atoms with Gasteiger partial charge in [0.25, 0.3) is 0 Å². The number of hydrogen-bond donors (Lipinski definition) is 3. The van der Waals surface area contributed by atoms with Crippen LogP contribution in [0, 0.1) is 0 Å². The highest BCUT2D eigenvalue weighted by molar-refractivity contribution is 5.85. The van der Waals surface area contributed by atoms with Crippen molar-refractivity contribution in [1.82, 2.24) is 5.32 Å². The molecule has 2 atom stereocenters. The summed E-state index contributed by atoms with van der Waals surface area (Å²) in [6.45, 7) is 4.53. The molecule has 4 heteroatoms. The minimum Gasteiger partial charge on any atom is -0.390 e. The Balaban J connectivity index is 0.000001000. The van der Waals surface area contributed by atoms with Crippen molar-refractivity contribution in [2.45, 2.75) is 38.0 Å². The zero-order chi connectivity index (χ0) is 7.78. The van der Waals surface area contributed by atoms with Crippen LogP contribution in [0.3, 0.4) is 0 Å². The van der Waals surface area contributed by atoms with E-state index in [1.807, 2.05) is 13.8 Å². The topological polar surface area (TPSA) is 52.5 Å². The molecule has 0 bridgehead atoms. The van der Waals surface area contributed by atoms with Gasteiger partial charge in [-0.05, 0) is 20.3 Å². The molecular weight excluding hydrogens is 166 g/mol. The van der Waals surface area contributed by atoms with Crippen LogP contribution in [0.25, 0.3) is 0 Å². The Bertz CT molecular complexity index is 130. The third-order valence-corrected chi connectivity index (χ3v) is 1.95. The molecule has 1 aliphatic rings. The second-order valence-corrected chi connectivity index (χ2v) is 3.60. The molecule has 0 unspecified atom stereocenters. The first-order valence-corrected chi connectivity index (χ1v) is 3.62. The monoisotopic (exact) mass is 181 g/mol. The van der Waals surface area contributed by atoms with E-state index in [0.29, 0.717) is 13.0 Å². The van der Waals surface area contributed by atoms with Crippen LogP contribution in [-0.4, -0.2) is 34.5 Å². The van der Waals surface area contributed by atoms with Gasteiger partial charge in [-0.15, -0.1) is 12.4 Å². The van der Waals surface area contributed by atoms with Crippen LogP contribution in [0.1, 0.15) is 20.3 Å². The van der Waals surface area contributed by atoms with E-state index in [9.17, 15) is 5.11 Å². The van der Waals surface area contributed by atoms with Crippen molar-refractivity contribution >= 4 is 12.4 Å². The number of aliphatic hydroxyl groups is 2. The fraction of sp³-hybridized carbons (Fsp3) is 1.00. The van der Waals surface area contributed by atoms with Gasteiger partial charge < -0.3 is 15.5 Å². The van der Waals surface area contributed by atoms with Crippen LogP contribution in [-0.2, 0) is 0 Å². The van der Waals surface area contributed by atoms with Crippen LogP contribution in [0.2, 0.25) is 0 Å². The molecule has 0 aromatic heterocycles. The summed E-state index contributed by atoms with van der Waals surface area (Å²) >= 11 is 0. The predicted molar refractivity (Wildman–Crippen MR) is 46.0 cm³/mol. The Morgan fingerprint density at radius 3 is 2.18 bits per heavy atom. The number of piperidine rings is 1. The first-order chi connectivity index (χ1) is 4.51. The predicted octanol–water partition coefficient (Wildman–Crippen LogP) is -0.0981. The molecule has 0 saturated carbocycles. The van der Waals surface area contributed by atoms with Gasteiger partial charge in [0, 0.05) is 12.1 Å². The van der Waals surface area contributed by atoms with Crippen molar-refractivity contribution in [2.24, 2.45) is 0 Å². The standard InChI is InChI=1S/C7H15NO2.ClH/c1-7(2)3-5(9)6(10)4-8-7;/h5-6,8-10H,3-4H2,1-2H3;1H/t5-,6+;/m1./s1. The maximum atomic E-state index is 9.22. The number of hydrogen-bond acceptors (Lipinski definition) is 3. The summed E-state index contributed by atoms with van der Waals surface area (Å²) in [7, 11) is 0. The highest BCUT2D eigenvalue weighted by Gasteiger charge is 2.31. The van der Waals surface area contributed by atoms with E-state index in [0.717, 1.165) is 0 Å². The Hall–Kier alpha value is 0.170. The van der Waals surface area contributed by atoms with Crippen molar-refractivity contribution in [3.05, 3.63) is 0 Å². The van der Waals surface area contributed by atoms with Gasteiger partial charge >= 0.3 is 0 Å². The lowest BCUT2D eigenvalue weighted by atomic mass is 9.90. The van der Waals surface area contributed by atoms with Crippen molar-refractivity contribution < 1.29 is 10.2 Å². The summed E-state index contributed by atoms with van der Waals surface area (Å²) in [5, 5.41) is 21.4.